The van der Waals surface area contributed by atoms with Gasteiger partial charge in [-0.1, -0.05) is 0 Å². The maximum Gasteiger partial charge on any atom is 0.00964 e. The van der Waals surface area contributed by atoms with Gasteiger partial charge in [0.25, 0.3) is 0 Å². The minimum atomic E-state index is 0.722. The molecule has 2 aliphatic heterocycles. The molecule has 14 heavy (non-hydrogen) atoms. The molecule has 0 aromatic rings. The van der Waals surface area contributed by atoms with Crippen LogP contribution in [0, 0.1) is 5.41 Å². The zero-order valence-electron chi connectivity index (χ0n) is 9.34. The van der Waals surface area contributed by atoms with Gasteiger partial charge in [0, 0.05) is 12.6 Å². The monoisotopic (exact) mass is 194 g/mol. The van der Waals surface area contributed by atoms with Crippen molar-refractivity contribution in [1.82, 2.24) is 9.80 Å². The van der Waals surface area contributed by atoms with Crippen LogP contribution in [-0.4, -0.2) is 49.1 Å². The highest BCUT2D eigenvalue weighted by Crippen LogP contribution is 2.42. The molecule has 0 amide bonds. The Bertz CT molecular complexity index is 214. The fourth-order valence-electron chi connectivity index (χ4n) is 3.37. The van der Waals surface area contributed by atoms with Crippen molar-refractivity contribution < 1.29 is 0 Å². The molecular formula is C12H22N2. The van der Waals surface area contributed by atoms with E-state index in [-0.39, 0.29) is 0 Å². The van der Waals surface area contributed by atoms with Crippen LogP contribution in [0.4, 0.5) is 0 Å². The largest absolute Gasteiger partial charge is 0.306 e. The second-order valence-corrected chi connectivity index (χ2v) is 5.75. The van der Waals surface area contributed by atoms with E-state index in [1.807, 2.05) is 0 Å². The predicted molar refractivity (Wildman–Crippen MR) is 58.4 cm³/mol. The Balaban J connectivity index is 1.58. The highest BCUT2D eigenvalue weighted by molar-refractivity contribution is 4.96. The summed E-state index contributed by atoms with van der Waals surface area (Å²) in [5.41, 5.74) is 0.722. The van der Waals surface area contributed by atoms with Crippen molar-refractivity contribution in [3.05, 3.63) is 0 Å². The third kappa shape index (κ3) is 1.59. The van der Waals surface area contributed by atoms with Gasteiger partial charge in [0.05, 0.1) is 0 Å². The molecule has 0 aromatic carbocycles. The van der Waals surface area contributed by atoms with E-state index in [2.05, 4.69) is 16.8 Å². The lowest BCUT2D eigenvalue weighted by molar-refractivity contribution is 0.105. The van der Waals surface area contributed by atoms with Crippen LogP contribution >= 0.6 is 0 Å². The standard InChI is InChI=1S/C12H22N2/c1-13-7-4-12(10-13)5-8-14(9-6-12)11-2-3-11/h11H,2-10H2,1H3. The molecule has 3 fully saturated rings. The first-order valence-electron chi connectivity index (χ1n) is 6.20. The van der Waals surface area contributed by atoms with Crippen molar-refractivity contribution in [2.24, 2.45) is 5.41 Å². The molecule has 1 saturated carbocycles. The van der Waals surface area contributed by atoms with E-state index in [1.165, 1.54) is 58.3 Å². The Labute approximate surface area is 87.3 Å². The Morgan fingerprint density at radius 3 is 2.14 bits per heavy atom. The second-order valence-electron chi connectivity index (χ2n) is 5.75. The fraction of sp³-hybridized carbons (Fsp3) is 1.00. The number of nitrogens with zero attached hydrogens (tertiary/aromatic N) is 2. The number of piperidine rings is 1. The number of hydrogen-bond donors (Lipinski definition) is 0. The Morgan fingerprint density at radius 1 is 1.00 bits per heavy atom. The topological polar surface area (TPSA) is 6.48 Å². The molecule has 2 heteroatoms. The van der Waals surface area contributed by atoms with E-state index < -0.39 is 0 Å². The number of rotatable bonds is 1. The van der Waals surface area contributed by atoms with Crippen molar-refractivity contribution in [2.75, 3.05) is 33.2 Å². The summed E-state index contributed by atoms with van der Waals surface area (Å²) < 4.78 is 0. The summed E-state index contributed by atoms with van der Waals surface area (Å²) in [6.45, 7) is 5.48. The molecule has 0 N–H and O–H groups in total. The molecule has 0 radical (unpaired) electrons. The zero-order valence-corrected chi connectivity index (χ0v) is 9.34. The molecule has 0 atom stereocenters. The zero-order chi connectivity index (χ0) is 9.60. The molecule has 0 bridgehead atoms. The summed E-state index contributed by atoms with van der Waals surface area (Å²) in [7, 11) is 2.28. The first-order chi connectivity index (χ1) is 6.77. The molecule has 2 nitrogen and oxygen atoms in total. The number of likely N-dealkylation sites (tertiary alicyclic amines) is 2. The van der Waals surface area contributed by atoms with E-state index in [4.69, 9.17) is 0 Å². The Morgan fingerprint density at radius 2 is 1.64 bits per heavy atom. The van der Waals surface area contributed by atoms with Gasteiger partial charge in [-0.2, -0.15) is 0 Å². The Hall–Kier alpha value is -0.0800. The first kappa shape index (κ1) is 9.17. The van der Waals surface area contributed by atoms with Crippen LogP contribution in [0.5, 0.6) is 0 Å². The minimum absolute atomic E-state index is 0.722. The van der Waals surface area contributed by atoms with E-state index >= 15 is 0 Å². The van der Waals surface area contributed by atoms with Gasteiger partial charge in [0.2, 0.25) is 0 Å². The van der Waals surface area contributed by atoms with Crippen LogP contribution in [0.25, 0.3) is 0 Å². The van der Waals surface area contributed by atoms with Crippen LogP contribution < -0.4 is 0 Å². The van der Waals surface area contributed by atoms with Crippen LogP contribution in [0.15, 0.2) is 0 Å². The van der Waals surface area contributed by atoms with Crippen LogP contribution in [0.3, 0.4) is 0 Å². The summed E-state index contributed by atoms with van der Waals surface area (Å²) in [5, 5.41) is 0. The summed E-state index contributed by atoms with van der Waals surface area (Å²) >= 11 is 0. The molecular weight excluding hydrogens is 172 g/mol. The molecule has 3 aliphatic rings. The van der Waals surface area contributed by atoms with E-state index in [0.29, 0.717) is 0 Å². The summed E-state index contributed by atoms with van der Waals surface area (Å²) in [6, 6.07) is 0.992. The fourth-order valence-corrected chi connectivity index (χ4v) is 3.37. The maximum absolute atomic E-state index is 2.74. The average Bonchev–Trinajstić information content (AvgIpc) is 2.95. The first-order valence-corrected chi connectivity index (χ1v) is 6.20. The van der Waals surface area contributed by atoms with Gasteiger partial charge in [0.15, 0.2) is 0 Å². The van der Waals surface area contributed by atoms with E-state index in [0.717, 1.165) is 11.5 Å². The molecule has 1 spiro atoms. The van der Waals surface area contributed by atoms with Crippen LogP contribution in [0.1, 0.15) is 32.1 Å². The molecule has 0 aromatic heterocycles. The lowest BCUT2D eigenvalue weighted by Gasteiger charge is -2.39. The van der Waals surface area contributed by atoms with Gasteiger partial charge in [-0.05, 0) is 64.2 Å². The number of hydrogen-bond acceptors (Lipinski definition) is 2. The SMILES string of the molecule is CN1CCC2(CCN(C3CC3)CC2)C1. The van der Waals surface area contributed by atoms with Crippen LogP contribution in [-0.2, 0) is 0 Å². The lowest BCUT2D eigenvalue weighted by Crippen LogP contribution is -2.42. The van der Waals surface area contributed by atoms with Crippen molar-refractivity contribution in [1.29, 1.82) is 0 Å². The van der Waals surface area contributed by atoms with Gasteiger partial charge in [0.1, 0.15) is 0 Å². The summed E-state index contributed by atoms with van der Waals surface area (Å²) in [5.74, 6) is 0. The third-order valence-corrected chi connectivity index (χ3v) is 4.55. The minimum Gasteiger partial charge on any atom is -0.306 e. The predicted octanol–water partition coefficient (Wildman–Crippen LogP) is 1.57. The van der Waals surface area contributed by atoms with E-state index in [9.17, 15) is 0 Å². The van der Waals surface area contributed by atoms with Gasteiger partial charge in [-0.3, -0.25) is 0 Å². The molecule has 2 saturated heterocycles. The molecule has 3 rings (SSSR count). The summed E-state index contributed by atoms with van der Waals surface area (Å²) in [6.07, 6.45) is 7.35. The smallest absolute Gasteiger partial charge is 0.00964 e. The van der Waals surface area contributed by atoms with Gasteiger partial charge in [-0.15, -0.1) is 0 Å². The maximum atomic E-state index is 2.74. The summed E-state index contributed by atoms with van der Waals surface area (Å²) in [4.78, 5) is 5.26. The lowest BCUT2D eigenvalue weighted by atomic mass is 9.78. The molecule has 1 aliphatic carbocycles. The normalized spacial score (nSPS) is 34.1. The molecule has 2 heterocycles. The van der Waals surface area contributed by atoms with Gasteiger partial charge < -0.3 is 9.80 Å². The average molecular weight is 194 g/mol. The van der Waals surface area contributed by atoms with Crippen LogP contribution in [0.2, 0.25) is 0 Å². The van der Waals surface area contributed by atoms with Crippen molar-refractivity contribution in [3.63, 3.8) is 0 Å². The third-order valence-electron chi connectivity index (χ3n) is 4.55. The van der Waals surface area contributed by atoms with E-state index in [1.54, 1.807) is 0 Å². The quantitative estimate of drug-likeness (QED) is 0.625. The molecule has 0 unspecified atom stereocenters. The highest BCUT2D eigenvalue weighted by Gasteiger charge is 2.41. The Kier molecular flexibility index (Phi) is 2.10. The van der Waals surface area contributed by atoms with Crippen molar-refractivity contribution >= 4 is 0 Å². The molecule has 80 valence electrons. The van der Waals surface area contributed by atoms with Gasteiger partial charge in [-0.25, -0.2) is 0 Å². The van der Waals surface area contributed by atoms with Crippen molar-refractivity contribution in [2.45, 2.75) is 38.1 Å². The van der Waals surface area contributed by atoms with Crippen molar-refractivity contribution in [3.8, 4) is 0 Å². The highest BCUT2D eigenvalue weighted by atomic mass is 15.2. The second kappa shape index (κ2) is 3.21. The van der Waals surface area contributed by atoms with Gasteiger partial charge >= 0.3 is 0 Å².